The zero-order valence-electron chi connectivity index (χ0n) is 13.9. The number of nitrogens with two attached hydrogens (primary N) is 1. The Labute approximate surface area is 137 Å². The summed E-state index contributed by atoms with van der Waals surface area (Å²) in [7, 11) is 1.46. The van der Waals surface area contributed by atoms with Crippen LogP contribution in [0.25, 0.3) is 0 Å². The van der Waals surface area contributed by atoms with E-state index in [9.17, 15) is 4.39 Å². The summed E-state index contributed by atoms with van der Waals surface area (Å²) in [6.45, 7) is 4.44. The highest BCUT2D eigenvalue weighted by atomic mass is 19.1. The molecule has 1 atom stereocenters. The molecule has 0 saturated carbocycles. The second-order valence-corrected chi connectivity index (χ2v) is 5.84. The number of ether oxygens (including phenoxy) is 2. The summed E-state index contributed by atoms with van der Waals surface area (Å²) in [4.78, 5) is 0. The fourth-order valence-corrected chi connectivity index (χ4v) is 2.58. The summed E-state index contributed by atoms with van der Waals surface area (Å²) >= 11 is 0. The van der Waals surface area contributed by atoms with Crippen LogP contribution in [-0.4, -0.2) is 19.8 Å². The van der Waals surface area contributed by atoms with Crippen molar-refractivity contribution in [3.8, 4) is 11.5 Å². The van der Waals surface area contributed by atoms with Crippen LogP contribution in [0.5, 0.6) is 11.5 Å². The number of hydrogen-bond donors (Lipinski definition) is 1. The summed E-state index contributed by atoms with van der Waals surface area (Å²) in [6, 6.07) is 13.0. The largest absolute Gasteiger partial charge is 0.494 e. The van der Waals surface area contributed by atoms with E-state index in [0.717, 1.165) is 23.3 Å². The third-order valence-electron chi connectivity index (χ3n) is 3.68. The number of hydrogen-bond acceptors (Lipinski definition) is 3. The van der Waals surface area contributed by atoms with Crippen molar-refractivity contribution in [2.45, 2.75) is 32.3 Å². The Kier molecular flexibility index (Phi) is 5.99. The van der Waals surface area contributed by atoms with Crippen LogP contribution >= 0.6 is 0 Å². The lowest BCUT2D eigenvalue weighted by Crippen LogP contribution is -2.15. The maximum absolute atomic E-state index is 13.9. The molecule has 0 saturated heterocycles. The van der Waals surface area contributed by atoms with Crippen LogP contribution in [0.15, 0.2) is 42.5 Å². The van der Waals surface area contributed by atoms with Crippen molar-refractivity contribution in [3.63, 3.8) is 0 Å². The van der Waals surface area contributed by atoms with Gasteiger partial charge in [-0.1, -0.05) is 18.2 Å². The van der Waals surface area contributed by atoms with Gasteiger partial charge in [0.1, 0.15) is 5.75 Å². The molecular weight excluding hydrogens is 293 g/mol. The molecule has 1 unspecified atom stereocenters. The quantitative estimate of drug-likeness (QED) is 0.842. The molecule has 23 heavy (non-hydrogen) atoms. The Bertz CT molecular complexity index is 643. The van der Waals surface area contributed by atoms with Gasteiger partial charge in [-0.2, -0.15) is 0 Å². The summed E-state index contributed by atoms with van der Waals surface area (Å²) in [5, 5.41) is 0. The molecule has 2 rings (SSSR count). The molecule has 0 fully saturated rings. The minimum Gasteiger partial charge on any atom is -0.494 e. The minimum absolute atomic E-state index is 0.0460. The van der Waals surface area contributed by atoms with Gasteiger partial charge in [-0.15, -0.1) is 0 Å². The number of halogens is 1. The first-order valence-corrected chi connectivity index (χ1v) is 7.82. The molecule has 0 spiro atoms. The van der Waals surface area contributed by atoms with E-state index in [-0.39, 0.29) is 23.6 Å². The molecule has 2 N–H and O–H groups in total. The Morgan fingerprint density at radius 2 is 1.91 bits per heavy atom. The molecule has 0 aliphatic carbocycles. The van der Waals surface area contributed by atoms with E-state index in [1.54, 1.807) is 6.07 Å². The lowest BCUT2D eigenvalue weighted by atomic mass is 9.92. The van der Waals surface area contributed by atoms with E-state index in [0.29, 0.717) is 6.54 Å². The molecule has 0 aliphatic heterocycles. The number of benzene rings is 2. The highest BCUT2D eigenvalue weighted by molar-refractivity contribution is 5.34. The first kappa shape index (κ1) is 17.3. The van der Waals surface area contributed by atoms with Gasteiger partial charge in [0.2, 0.25) is 0 Å². The average molecular weight is 317 g/mol. The highest BCUT2D eigenvalue weighted by Gasteiger charge is 2.14. The van der Waals surface area contributed by atoms with Crippen LogP contribution < -0.4 is 15.2 Å². The van der Waals surface area contributed by atoms with Crippen LogP contribution in [0, 0.1) is 5.82 Å². The van der Waals surface area contributed by atoms with E-state index < -0.39 is 0 Å². The van der Waals surface area contributed by atoms with Crippen molar-refractivity contribution in [2.24, 2.45) is 5.73 Å². The van der Waals surface area contributed by atoms with Gasteiger partial charge < -0.3 is 15.2 Å². The summed E-state index contributed by atoms with van der Waals surface area (Å²) < 4.78 is 24.6. The number of methoxy groups -OCH3 is 1. The van der Waals surface area contributed by atoms with Crippen LogP contribution in [0.3, 0.4) is 0 Å². The maximum atomic E-state index is 13.9. The standard InChI is InChI=1S/C19H24FNO2/c1-13(2)23-17-6-4-5-14(10-17)9-16(12-21)15-7-8-19(22-3)18(20)11-15/h4-8,10-11,13,16H,9,12,21H2,1-3H3. The topological polar surface area (TPSA) is 44.5 Å². The Morgan fingerprint density at radius 3 is 2.52 bits per heavy atom. The molecule has 0 heterocycles. The average Bonchev–Trinajstić information content (AvgIpc) is 2.52. The predicted molar refractivity (Wildman–Crippen MR) is 90.7 cm³/mol. The molecule has 2 aromatic carbocycles. The second kappa shape index (κ2) is 7.97. The summed E-state index contributed by atoms with van der Waals surface area (Å²) in [5.74, 6) is 0.774. The van der Waals surface area contributed by atoms with Gasteiger partial charge in [0.25, 0.3) is 0 Å². The predicted octanol–water partition coefficient (Wildman–Crippen LogP) is 3.91. The fourth-order valence-electron chi connectivity index (χ4n) is 2.58. The van der Waals surface area contributed by atoms with E-state index in [1.807, 2.05) is 44.2 Å². The SMILES string of the molecule is COc1ccc(C(CN)Cc2cccc(OC(C)C)c2)cc1F. The van der Waals surface area contributed by atoms with Crippen LogP contribution in [0.2, 0.25) is 0 Å². The van der Waals surface area contributed by atoms with Crippen LogP contribution in [0.4, 0.5) is 4.39 Å². The van der Waals surface area contributed by atoms with E-state index in [4.69, 9.17) is 15.2 Å². The van der Waals surface area contributed by atoms with Gasteiger partial charge in [0.05, 0.1) is 13.2 Å². The third kappa shape index (κ3) is 4.70. The van der Waals surface area contributed by atoms with Gasteiger partial charge in [-0.25, -0.2) is 4.39 Å². The smallest absolute Gasteiger partial charge is 0.165 e. The molecular formula is C19H24FNO2. The molecule has 0 amide bonds. The van der Waals surface area contributed by atoms with Crippen molar-refractivity contribution in [1.82, 2.24) is 0 Å². The van der Waals surface area contributed by atoms with Crippen LogP contribution in [-0.2, 0) is 6.42 Å². The second-order valence-electron chi connectivity index (χ2n) is 5.84. The molecule has 3 nitrogen and oxygen atoms in total. The maximum Gasteiger partial charge on any atom is 0.165 e. The zero-order chi connectivity index (χ0) is 16.8. The lowest BCUT2D eigenvalue weighted by molar-refractivity contribution is 0.242. The first-order chi connectivity index (χ1) is 11.0. The molecule has 0 bridgehead atoms. The Hall–Kier alpha value is -2.07. The van der Waals surface area contributed by atoms with Gasteiger partial charge in [-0.3, -0.25) is 0 Å². The molecule has 2 aromatic rings. The molecule has 0 aliphatic rings. The normalized spacial score (nSPS) is 12.3. The zero-order valence-corrected chi connectivity index (χ0v) is 13.9. The summed E-state index contributed by atoms with van der Waals surface area (Å²) in [6.07, 6.45) is 0.864. The van der Waals surface area contributed by atoms with E-state index >= 15 is 0 Å². The van der Waals surface area contributed by atoms with Gasteiger partial charge in [0.15, 0.2) is 11.6 Å². The highest BCUT2D eigenvalue weighted by Crippen LogP contribution is 2.26. The molecule has 124 valence electrons. The molecule has 4 heteroatoms. The van der Waals surface area contributed by atoms with Crippen molar-refractivity contribution < 1.29 is 13.9 Å². The molecule has 0 radical (unpaired) electrons. The Balaban J connectivity index is 2.17. The third-order valence-corrected chi connectivity index (χ3v) is 3.68. The lowest BCUT2D eigenvalue weighted by Gasteiger charge is -2.17. The van der Waals surface area contributed by atoms with Gasteiger partial charge >= 0.3 is 0 Å². The molecule has 0 aromatic heterocycles. The van der Waals surface area contributed by atoms with E-state index in [2.05, 4.69) is 0 Å². The van der Waals surface area contributed by atoms with E-state index in [1.165, 1.54) is 13.2 Å². The monoisotopic (exact) mass is 317 g/mol. The van der Waals surface area contributed by atoms with Crippen LogP contribution in [0.1, 0.15) is 30.9 Å². The first-order valence-electron chi connectivity index (χ1n) is 7.82. The van der Waals surface area contributed by atoms with Gasteiger partial charge in [0, 0.05) is 5.92 Å². The van der Waals surface area contributed by atoms with Gasteiger partial charge in [-0.05, 0) is 62.2 Å². The van der Waals surface area contributed by atoms with Crippen molar-refractivity contribution in [2.75, 3.05) is 13.7 Å². The van der Waals surface area contributed by atoms with Crippen molar-refractivity contribution in [3.05, 3.63) is 59.4 Å². The summed E-state index contributed by atoms with van der Waals surface area (Å²) in [5.41, 5.74) is 7.90. The minimum atomic E-state index is -0.361. The van der Waals surface area contributed by atoms with Crippen molar-refractivity contribution >= 4 is 0 Å². The fraction of sp³-hybridized carbons (Fsp3) is 0.368. The number of rotatable bonds is 7. The van der Waals surface area contributed by atoms with Crippen molar-refractivity contribution in [1.29, 1.82) is 0 Å². The Morgan fingerprint density at radius 1 is 1.13 bits per heavy atom.